The average molecular weight is 418 g/mol. The van der Waals surface area contributed by atoms with Crippen molar-refractivity contribution >= 4 is 10.9 Å². The van der Waals surface area contributed by atoms with E-state index in [1.807, 2.05) is 0 Å². The van der Waals surface area contributed by atoms with Gasteiger partial charge < -0.3 is 25.5 Å². The molecule has 4 N–H and O–H groups in total. The first kappa shape index (κ1) is 24.9. The molecule has 0 fully saturated rings. The Morgan fingerprint density at radius 3 is 2.57 bits per heavy atom. The van der Waals surface area contributed by atoms with Gasteiger partial charge in [-0.1, -0.05) is 33.8 Å². The Labute approximate surface area is 183 Å². The van der Waals surface area contributed by atoms with Crippen LogP contribution >= 0.6 is 0 Å². The molecule has 0 aliphatic carbocycles. The number of aliphatic hydroxyl groups is 1. The van der Waals surface area contributed by atoms with Crippen molar-refractivity contribution < 1.29 is 9.84 Å². The number of nitrogens with zero attached hydrogens (tertiary/aromatic N) is 1. The number of rotatable bonds is 13. The first-order chi connectivity index (χ1) is 14.2. The highest BCUT2D eigenvalue weighted by Gasteiger charge is 2.23. The fourth-order valence-corrected chi connectivity index (χ4v) is 4.16. The number of nitrogens with one attached hydrogen (secondary N) is 1. The number of methoxy groups -OCH3 is 1. The van der Waals surface area contributed by atoms with Crippen molar-refractivity contribution in [2.45, 2.75) is 71.6 Å². The lowest BCUT2D eigenvalue weighted by Gasteiger charge is -2.28. The number of aliphatic hydroxyl groups excluding tert-OH is 1. The summed E-state index contributed by atoms with van der Waals surface area (Å²) in [6.45, 7) is 10.0. The molecule has 1 aromatic carbocycles. The molecule has 1 heterocycles. The van der Waals surface area contributed by atoms with E-state index in [-0.39, 0.29) is 6.04 Å². The molecule has 3 atom stereocenters. The summed E-state index contributed by atoms with van der Waals surface area (Å²) >= 11 is 0. The standard InChI is InChI=1S/C25H43N3O2/c1-17(2)21(14-23(26)25(29)15-27-18(3)4)12-19-9-10-24-22(13-19)20(16-28(24)5)8-7-11-30-6/h9-10,13,16-18,21,23,25,27,29H,7-8,11-12,14-15,26H2,1-6H3/t21-,23-,25-/m0/s1. The van der Waals surface area contributed by atoms with Crippen molar-refractivity contribution in [3.8, 4) is 0 Å². The highest BCUT2D eigenvalue weighted by atomic mass is 16.5. The molecule has 170 valence electrons. The van der Waals surface area contributed by atoms with Gasteiger partial charge in [-0.3, -0.25) is 0 Å². The van der Waals surface area contributed by atoms with Gasteiger partial charge in [-0.25, -0.2) is 0 Å². The summed E-state index contributed by atoms with van der Waals surface area (Å²) in [5, 5.41) is 15.1. The lowest BCUT2D eigenvalue weighted by atomic mass is 9.83. The lowest BCUT2D eigenvalue weighted by molar-refractivity contribution is 0.122. The molecule has 2 aromatic rings. The summed E-state index contributed by atoms with van der Waals surface area (Å²) in [4.78, 5) is 0. The Morgan fingerprint density at radius 2 is 1.93 bits per heavy atom. The summed E-state index contributed by atoms with van der Waals surface area (Å²) in [6.07, 6.45) is 5.60. The van der Waals surface area contributed by atoms with Crippen LogP contribution in [0.15, 0.2) is 24.4 Å². The van der Waals surface area contributed by atoms with E-state index in [1.54, 1.807) is 7.11 Å². The van der Waals surface area contributed by atoms with Crippen molar-refractivity contribution in [2.24, 2.45) is 24.6 Å². The van der Waals surface area contributed by atoms with Gasteiger partial charge >= 0.3 is 0 Å². The quantitative estimate of drug-likeness (QED) is 0.435. The summed E-state index contributed by atoms with van der Waals surface area (Å²) in [5.74, 6) is 0.945. The van der Waals surface area contributed by atoms with Gasteiger partial charge in [-0.2, -0.15) is 0 Å². The fraction of sp³-hybridized carbons (Fsp3) is 0.680. The van der Waals surface area contributed by atoms with E-state index in [0.29, 0.717) is 24.4 Å². The Bertz CT molecular complexity index is 769. The van der Waals surface area contributed by atoms with E-state index < -0.39 is 6.10 Å². The molecule has 0 aliphatic heterocycles. The Kier molecular flexibility index (Phi) is 9.82. The third-order valence-electron chi connectivity index (χ3n) is 6.18. The second-order valence-corrected chi connectivity index (χ2v) is 9.45. The van der Waals surface area contributed by atoms with Crippen molar-refractivity contribution in [1.82, 2.24) is 9.88 Å². The number of aryl methyl sites for hydroxylation is 2. The molecule has 0 spiro atoms. The third-order valence-corrected chi connectivity index (χ3v) is 6.18. The molecule has 1 aromatic heterocycles. The molecule has 0 unspecified atom stereocenters. The Morgan fingerprint density at radius 1 is 1.20 bits per heavy atom. The monoisotopic (exact) mass is 417 g/mol. The van der Waals surface area contributed by atoms with E-state index in [0.717, 1.165) is 32.3 Å². The van der Waals surface area contributed by atoms with Crippen LogP contribution in [0.5, 0.6) is 0 Å². The molecular formula is C25H43N3O2. The zero-order valence-electron chi connectivity index (χ0n) is 19.8. The maximum Gasteiger partial charge on any atom is 0.0815 e. The number of hydrogen-bond donors (Lipinski definition) is 3. The van der Waals surface area contributed by atoms with E-state index in [1.165, 1.54) is 22.0 Å². The van der Waals surface area contributed by atoms with Gasteiger partial charge in [0.25, 0.3) is 0 Å². The van der Waals surface area contributed by atoms with Gasteiger partial charge in [0, 0.05) is 56.5 Å². The maximum atomic E-state index is 10.4. The largest absolute Gasteiger partial charge is 0.390 e. The second-order valence-electron chi connectivity index (χ2n) is 9.45. The van der Waals surface area contributed by atoms with Crippen molar-refractivity contribution in [2.75, 3.05) is 20.3 Å². The van der Waals surface area contributed by atoms with Crippen LogP contribution in [-0.4, -0.2) is 48.1 Å². The average Bonchev–Trinajstić information content (AvgIpc) is 3.00. The fourth-order valence-electron chi connectivity index (χ4n) is 4.16. The normalized spacial score (nSPS) is 15.3. The third kappa shape index (κ3) is 7.09. The van der Waals surface area contributed by atoms with Crippen LogP contribution in [0.3, 0.4) is 0 Å². The number of aromatic nitrogens is 1. The molecule has 2 rings (SSSR count). The van der Waals surface area contributed by atoms with Crippen LogP contribution in [0.2, 0.25) is 0 Å². The first-order valence-electron chi connectivity index (χ1n) is 11.5. The molecule has 0 saturated carbocycles. The molecule has 0 amide bonds. The topological polar surface area (TPSA) is 72.4 Å². The van der Waals surface area contributed by atoms with E-state index in [4.69, 9.17) is 10.5 Å². The molecule has 0 bridgehead atoms. The number of ether oxygens (including phenoxy) is 1. The van der Waals surface area contributed by atoms with Gasteiger partial charge in [-0.05, 0) is 60.8 Å². The van der Waals surface area contributed by atoms with Gasteiger partial charge in [0.2, 0.25) is 0 Å². The summed E-state index contributed by atoms with van der Waals surface area (Å²) in [5.41, 5.74) is 10.4. The summed E-state index contributed by atoms with van der Waals surface area (Å²) in [6, 6.07) is 6.98. The summed E-state index contributed by atoms with van der Waals surface area (Å²) in [7, 11) is 3.87. The Balaban J connectivity index is 2.11. The van der Waals surface area contributed by atoms with Crippen LogP contribution in [-0.2, 0) is 24.6 Å². The van der Waals surface area contributed by atoms with E-state index in [9.17, 15) is 5.11 Å². The number of hydrogen-bond acceptors (Lipinski definition) is 4. The molecule has 0 aliphatic rings. The minimum atomic E-state index is -0.516. The Hall–Kier alpha value is -1.40. The van der Waals surface area contributed by atoms with Crippen LogP contribution in [0.25, 0.3) is 10.9 Å². The predicted octanol–water partition coefficient (Wildman–Crippen LogP) is 3.65. The highest BCUT2D eigenvalue weighted by Crippen LogP contribution is 2.27. The SMILES string of the molecule is COCCCc1cn(C)c2ccc(C[C@@H](C[C@H](N)[C@@H](O)CNC(C)C)C(C)C)cc12. The predicted molar refractivity (Wildman–Crippen MR) is 127 cm³/mol. The molecule has 5 nitrogen and oxygen atoms in total. The first-order valence-corrected chi connectivity index (χ1v) is 11.5. The van der Waals surface area contributed by atoms with Gasteiger partial charge in [0.05, 0.1) is 6.10 Å². The van der Waals surface area contributed by atoms with E-state index >= 15 is 0 Å². The minimum Gasteiger partial charge on any atom is -0.390 e. The lowest BCUT2D eigenvalue weighted by Crippen LogP contribution is -2.44. The van der Waals surface area contributed by atoms with Crippen molar-refractivity contribution in [3.05, 3.63) is 35.5 Å². The molecule has 30 heavy (non-hydrogen) atoms. The van der Waals surface area contributed by atoms with Gasteiger partial charge in [0.1, 0.15) is 0 Å². The maximum absolute atomic E-state index is 10.4. The highest BCUT2D eigenvalue weighted by molar-refractivity contribution is 5.84. The van der Waals surface area contributed by atoms with E-state index in [2.05, 4.69) is 69.0 Å². The van der Waals surface area contributed by atoms with Crippen molar-refractivity contribution in [1.29, 1.82) is 0 Å². The van der Waals surface area contributed by atoms with Crippen LogP contribution < -0.4 is 11.1 Å². The zero-order chi connectivity index (χ0) is 22.3. The molecular weight excluding hydrogens is 374 g/mol. The van der Waals surface area contributed by atoms with Gasteiger partial charge in [-0.15, -0.1) is 0 Å². The smallest absolute Gasteiger partial charge is 0.0815 e. The molecule has 5 heteroatoms. The number of nitrogens with two attached hydrogens (primary N) is 1. The van der Waals surface area contributed by atoms with Crippen molar-refractivity contribution in [3.63, 3.8) is 0 Å². The molecule has 0 saturated heterocycles. The van der Waals surface area contributed by atoms with Crippen LogP contribution in [0.1, 0.15) is 51.7 Å². The van der Waals surface area contributed by atoms with Gasteiger partial charge in [0.15, 0.2) is 0 Å². The van der Waals surface area contributed by atoms with Crippen LogP contribution in [0, 0.1) is 11.8 Å². The molecule has 0 radical (unpaired) electrons. The number of benzene rings is 1. The zero-order valence-corrected chi connectivity index (χ0v) is 19.8. The second kappa shape index (κ2) is 11.8. The minimum absolute atomic E-state index is 0.214. The van der Waals surface area contributed by atoms with Crippen LogP contribution in [0.4, 0.5) is 0 Å². The summed E-state index contributed by atoms with van der Waals surface area (Å²) < 4.78 is 7.45. The number of fused-ring (bicyclic) bond motifs is 1.